The molecule has 4 heteroatoms. The van der Waals surface area contributed by atoms with Crippen LogP contribution in [0.4, 0.5) is 5.69 Å². The molecule has 1 aromatic carbocycles. The van der Waals surface area contributed by atoms with E-state index in [9.17, 15) is 4.79 Å². The quantitative estimate of drug-likeness (QED) is 0.612. The molecule has 1 amide bonds. The fraction of sp³-hybridized carbons (Fsp3) is 0.182. The lowest BCUT2D eigenvalue weighted by Crippen LogP contribution is -2.29. The first kappa shape index (κ1) is 12.5. The zero-order chi connectivity index (χ0) is 11.4. The topological polar surface area (TPSA) is 20.3 Å². The first-order valence-corrected chi connectivity index (χ1v) is 5.86. The molecule has 1 rings (SSSR count). The molecule has 0 unspecified atom stereocenters. The van der Waals surface area contributed by atoms with Crippen LogP contribution in [0.3, 0.4) is 0 Å². The van der Waals surface area contributed by atoms with Crippen molar-refractivity contribution in [1.29, 1.82) is 0 Å². The Hall–Kier alpha value is -0.550. The Bertz CT molecular complexity index is 392. The van der Waals surface area contributed by atoms with Gasteiger partial charge in [-0.15, -0.1) is 6.58 Å². The number of rotatable bonds is 3. The highest BCUT2D eigenvalue weighted by Gasteiger charge is 2.13. The van der Waals surface area contributed by atoms with Gasteiger partial charge in [-0.3, -0.25) is 4.79 Å². The van der Waals surface area contributed by atoms with Gasteiger partial charge in [-0.25, -0.2) is 0 Å². The number of hydrogen-bond acceptors (Lipinski definition) is 1. The lowest BCUT2D eigenvalue weighted by Gasteiger charge is -2.20. The van der Waals surface area contributed by atoms with Gasteiger partial charge in [0.15, 0.2) is 0 Å². The second-order valence-corrected chi connectivity index (χ2v) is 4.61. The van der Waals surface area contributed by atoms with Gasteiger partial charge in [-0.2, -0.15) is 0 Å². The van der Waals surface area contributed by atoms with Crippen LogP contribution in [0.15, 0.2) is 30.9 Å². The van der Waals surface area contributed by atoms with Crippen LogP contribution >= 0.6 is 34.2 Å². The summed E-state index contributed by atoms with van der Waals surface area (Å²) in [6.45, 7) is 5.65. The summed E-state index contributed by atoms with van der Waals surface area (Å²) < 4.78 is 0.994. The van der Waals surface area contributed by atoms with E-state index in [4.69, 9.17) is 11.6 Å². The van der Waals surface area contributed by atoms with E-state index in [0.29, 0.717) is 11.6 Å². The van der Waals surface area contributed by atoms with Gasteiger partial charge in [0.1, 0.15) is 0 Å². The standard InChI is InChI=1S/C11H11ClINO/c1-3-6-14(8(2)15)11-7-9(12)4-5-10(11)13/h3-5,7H,1,6H2,2H3. The summed E-state index contributed by atoms with van der Waals surface area (Å²) in [7, 11) is 0. The molecule has 0 fully saturated rings. The number of hydrogen-bond donors (Lipinski definition) is 0. The van der Waals surface area contributed by atoms with Gasteiger partial charge >= 0.3 is 0 Å². The third kappa shape index (κ3) is 3.21. The molecule has 0 bridgehead atoms. The second kappa shape index (κ2) is 5.51. The van der Waals surface area contributed by atoms with Gasteiger partial charge < -0.3 is 4.90 Å². The van der Waals surface area contributed by atoms with Crippen molar-refractivity contribution in [3.8, 4) is 0 Å². The molecule has 1 aromatic rings. The van der Waals surface area contributed by atoms with E-state index in [1.807, 2.05) is 6.07 Å². The van der Waals surface area contributed by atoms with Crippen molar-refractivity contribution in [3.05, 3.63) is 39.4 Å². The van der Waals surface area contributed by atoms with Crippen LogP contribution in [0.2, 0.25) is 5.02 Å². The molecule has 0 saturated heterocycles. The summed E-state index contributed by atoms with van der Waals surface area (Å²) in [6, 6.07) is 5.48. The van der Waals surface area contributed by atoms with Gasteiger partial charge in [-0.05, 0) is 40.8 Å². The predicted octanol–water partition coefficient (Wildman–Crippen LogP) is 3.48. The molecule has 0 radical (unpaired) electrons. The molecule has 15 heavy (non-hydrogen) atoms. The minimum atomic E-state index is -0.0184. The van der Waals surface area contributed by atoms with Crippen LogP contribution in [-0.4, -0.2) is 12.5 Å². The van der Waals surface area contributed by atoms with Gasteiger partial charge in [0.25, 0.3) is 0 Å². The van der Waals surface area contributed by atoms with Gasteiger partial charge in [-0.1, -0.05) is 17.7 Å². The Morgan fingerprint density at radius 3 is 2.87 bits per heavy atom. The van der Waals surface area contributed by atoms with Gasteiger partial charge in [0, 0.05) is 22.1 Å². The number of halogens is 2. The van der Waals surface area contributed by atoms with Crippen LogP contribution in [0.5, 0.6) is 0 Å². The summed E-state index contributed by atoms with van der Waals surface area (Å²) in [4.78, 5) is 13.1. The Morgan fingerprint density at radius 1 is 1.67 bits per heavy atom. The van der Waals surface area contributed by atoms with Crippen LogP contribution in [0.25, 0.3) is 0 Å². The minimum absolute atomic E-state index is 0.0184. The van der Waals surface area contributed by atoms with Crippen LogP contribution in [-0.2, 0) is 4.79 Å². The summed E-state index contributed by atoms with van der Waals surface area (Å²) >= 11 is 8.08. The Balaban J connectivity index is 3.15. The van der Waals surface area contributed by atoms with Gasteiger partial charge in [0.2, 0.25) is 5.91 Å². The van der Waals surface area contributed by atoms with E-state index >= 15 is 0 Å². The van der Waals surface area contributed by atoms with Crippen LogP contribution in [0, 0.1) is 3.57 Å². The maximum atomic E-state index is 11.4. The van der Waals surface area contributed by atoms with E-state index < -0.39 is 0 Å². The highest BCUT2D eigenvalue weighted by Crippen LogP contribution is 2.26. The van der Waals surface area contributed by atoms with Crippen molar-refractivity contribution >= 4 is 45.8 Å². The smallest absolute Gasteiger partial charge is 0.224 e. The summed E-state index contributed by atoms with van der Waals surface area (Å²) in [5.74, 6) is -0.0184. The average molecular weight is 336 g/mol. The molecular weight excluding hydrogens is 324 g/mol. The van der Waals surface area contributed by atoms with Crippen LogP contribution < -0.4 is 4.90 Å². The largest absolute Gasteiger partial charge is 0.308 e. The van der Waals surface area contributed by atoms with Crippen molar-refractivity contribution < 1.29 is 4.79 Å². The average Bonchev–Trinajstić information content (AvgIpc) is 2.18. The maximum absolute atomic E-state index is 11.4. The van der Waals surface area contributed by atoms with E-state index in [1.165, 1.54) is 6.92 Å². The van der Waals surface area contributed by atoms with E-state index in [0.717, 1.165) is 9.26 Å². The Morgan fingerprint density at radius 2 is 2.33 bits per heavy atom. The molecule has 0 atom stereocenters. The molecule has 80 valence electrons. The summed E-state index contributed by atoms with van der Waals surface area (Å²) in [5, 5.41) is 0.626. The van der Waals surface area contributed by atoms with Crippen LogP contribution in [0.1, 0.15) is 6.92 Å². The molecular formula is C11H11ClINO. The first-order valence-electron chi connectivity index (χ1n) is 4.40. The Labute approximate surface area is 108 Å². The number of carbonyl (C=O) groups is 1. The third-order valence-electron chi connectivity index (χ3n) is 1.89. The molecule has 0 aliphatic heterocycles. The molecule has 0 aliphatic carbocycles. The maximum Gasteiger partial charge on any atom is 0.224 e. The predicted molar refractivity (Wildman–Crippen MR) is 72.4 cm³/mol. The lowest BCUT2D eigenvalue weighted by molar-refractivity contribution is -0.116. The SMILES string of the molecule is C=CCN(C(C)=O)c1cc(Cl)ccc1I. The number of benzene rings is 1. The van der Waals surface area contributed by atoms with E-state index in [1.54, 1.807) is 23.1 Å². The van der Waals surface area contributed by atoms with Crippen molar-refractivity contribution in [2.24, 2.45) is 0 Å². The lowest BCUT2D eigenvalue weighted by atomic mass is 10.3. The third-order valence-corrected chi connectivity index (χ3v) is 3.04. The van der Waals surface area contributed by atoms with Crippen molar-refractivity contribution in [2.45, 2.75) is 6.92 Å². The molecule has 0 heterocycles. The number of amides is 1. The van der Waals surface area contributed by atoms with Crippen molar-refractivity contribution in [1.82, 2.24) is 0 Å². The zero-order valence-corrected chi connectivity index (χ0v) is 11.2. The van der Waals surface area contributed by atoms with E-state index in [2.05, 4.69) is 29.2 Å². The summed E-state index contributed by atoms with van der Waals surface area (Å²) in [6.07, 6.45) is 1.69. The zero-order valence-electron chi connectivity index (χ0n) is 8.34. The number of anilines is 1. The monoisotopic (exact) mass is 335 g/mol. The molecule has 0 aromatic heterocycles. The van der Waals surface area contributed by atoms with E-state index in [-0.39, 0.29) is 5.91 Å². The fourth-order valence-corrected chi connectivity index (χ4v) is 2.01. The minimum Gasteiger partial charge on any atom is -0.308 e. The fourth-order valence-electron chi connectivity index (χ4n) is 1.22. The van der Waals surface area contributed by atoms with Crippen molar-refractivity contribution in [2.75, 3.05) is 11.4 Å². The van der Waals surface area contributed by atoms with Crippen molar-refractivity contribution in [3.63, 3.8) is 0 Å². The highest BCUT2D eigenvalue weighted by molar-refractivity contribution is 14.1. The molecule has 0 aliphatic rings. The molecule has 0 N–H and O–H groups in total. The molecule has 2 nitrogen and oxygen atoms in total. The summed E-state index contributed by atoms with van der Waals surface area (Å²) in [5.41, 5.74) is 0.829. The normalized spacial score (nSPS) is 9.80. The molecule has 0 spiro atoms. The Kier molecular flexibility index (Phi) is 4.60. The second-order valence-electron chi connectivity index (χ2n) is 3.01. The highest BCUT2D eigenvalue weighted by atomic mass is 127. The van der Waals surface area contributed by atoms with Gasteiger partial charge in [0.05, 0.1) is 5.69 Å². The number of carbonyl (C=O) groups excluding carboxylic acids is 1. The number of nitrogens with zero attached hydrogens (tertiary/aromatic N) is 1. The molecule has 0 saturated carbocycles. The first-order chi connectivity index (χ1) is 7.06.